The molecule has 0 saturated carbocycles. The molecule has 0 amide bonds. The molecular weight excluding hydrogens is 256 g/mol. The number of hydrogen-bond donors (Lipinski definition) is 1. The number of aromatic nitrogens is 1. The van der Waals surface area contributed by atoms with Crippen molar-refractivity contribution in [2.75, 3.05) is 14.2 Å². The van der Waals surface area contributed by atoms with Crippen LogP contribution in [0.2, 0.25) is 0 Å². The van der Waals surface area contributed by atoms with Crippen molar-refractivity contribution in [1.29, 1.82) is 0 Å². The zero-order valence-electron chi connectivity index (χ0n) is 11.4. The lowest BCUT2D eigenvalue weighted by Crippen LogP contribution is -2.07. The highest BCUT2D eigenvalue weighted by molar-refractivity contribution is 6.11. The molecule has 1 aromatic carbocycles. The molecule has 0 aliphatic heterocycles. The lowest BCUT2D eigenvalue weighted by Gasteiger charge is -2.10. The minimum absolute atomic E-state index is 0.155. The lowest BCUT2D eigenvalue weighted by atomic mass is 10.0. The molecule has 2 N–H and O–H groups in total. The molecule has 0 aliphatic rings. The highest BCUT2D eigenvalue weighted by Crippen LogP contribution is 2.26. The zero-order valence-corrected chi connectivity index (χ0v) is 11.4. The van der Waals surface area contributed by atoms with E-state index in [1.807, 2.05) is 0 Å². The first-order valence-corrected chi connectivity index (χ1v) is 6.11. The van der Waals surface area contributed by atoms with Crippen LogP contribution < -0.4 is 15.2 Å². The fraction of sp³-hybridized carbons (Fsp3) is 0.200. The van der Waals surface area contributed by atoms with Gasteiger partial charge in [-0.25, -0.2) is 0 Å². The van der Waals surface area contributed by atoms with Crippen LogP contribution in [-0.4, -0.2) is 25.0 Å². The smallest absolute Gasteiger partial charge is 0.197 e. The molecule has 1 aromatic heterocycles. The van der Waals surface area contributed by atoms with Crippen LogP contribution in [0.4, 0.5) is 0 Å². The molecule has 20 heavy (non-hydrogen) atoms. The van der Waals surface area contributed by atoms with Crippen molar-refractivity contribution in [1.82, 2.24) is 4.98 Å². The summed E-state index contributed by atoms with van der Waals surface area (Å²) >= 11 is 0. The Kier molecular flexibility index (Phi) is 4.32. The van der Waals surface area contributed by atoms with Gasteiger partial charge < -0.3 is 15.2 Å². The van der Waals surface area contributed by atoms with Gasteiger partial charge in [0.2, 0.25) is 0 Å². The van der Waals surface area contributed by atoms with Gasteiger partial charge in [0, 0.05) is 18.3 Å². The summed E-state index contributed by atoms with van der Waals surface area (Å²) in [5, 5.41) is 0. The number of rotatable bonds is 5. The van der Waals surface area contributed by atoms with E-state index in [4.69, 9.17) is 15.2 Å². The van der Waals surface area contributed by atoms with Crippen LogP contribution in [-0.2, 0) is 6.54 Å². The van der Waals surface area contributed by atoms with Gasteiger partial charge in [0.1, 0.15) is 11.5 Å². The number of carbonyl (C=O) groups is 1. The van der Waals surface area contributed by atoms with Crippen molar-refractivity contribution < 1.29 is 14.3 Å². The summed E-state index contributed by atoms with van der Waals surface area (Å²) in [6, 6.07) is 8.44. The minimum Gasteiger partial charge on any atom is -0.497 e. The Hall–Kier alpha value is -2.40. The fourth-order valence-electron chi connectivity index (χ4n) is 1.88. The molecule has 0 saturated heterocycles. The van der Waals surface area contributed by atoms with Crippen molar-refractivity contribution in [3.05, 3.63) is 53.3 Å². The van der Waals surface area contributed by atoms with Crippen LogP contribution in [0.1, 0.15) is 21.6 Å². The number of pyridine rings is 1. The zero-order chi connectivity index (χ0) is 14.5. The van der Waals surface area contributed by atoms with Gasteiger partial charge in [-0.05, 0) is 30.3 Å². The van der Waals surface area contributed by atoms with Gasteiger partial charge in [-0.1, -0.05) is 0 Å². The first kappa shape index (κ1) is 14.0. The van der Waals surface area contributed by atoms with E-state index in [2.05, 4.69) is 4.98 Å². The maximum atomic E-state index is 12.6. The van der Waals surface area contributed by atoms with E-state index in [0.717, 1.165) is 0 Å². The Labute approximate surface area is 117 Å². The molecule has 0 aliphatic carbocycles. The van der Waals surface area contributed by atoms with Crippen molar-refractivity contribution in [2.45, 2.75) is 6.54 Å². The van der Waals surface area contributed by atoms with E-state index in [1.165, 1.54) is 7.11 Å². The van der Waals surface area contributed by atoms with Crippen molar-refractivity contribution >= 4 is 5.78 Å². The van der Waals surface area contributed by atoms with Crippen LogP contribution in [0.25, 0.3) is 0 Å². The summed E-state index contributed by atoms with van der Waals surface area (Å²) in [4.78, 5) is 16.6. The van der Waals surface area contributed by atoms with Gasteiger partial charge in [-0.15, -0.1) is 0 Å². The number of benzene rings is 1. The summed E-state index contributed by atoms with van der Waals surface area (Å²) in [7, 11) is 3.07. The molecule has 1 heterocycles. The second kappa shape index (κ2) is 6.16. The number of nitrogens with zero attached hydrogens (tertiary/aromatic N) is 1. The lowest BCUT2D eigenvalue weighted by molar-refractivity contribution is 0.103. The second-order valence-corrected chi connectivity index (χ2v) is 4.14. The molecule has 0 spiro atoms. The molecule has 0 atom stereocenters. The van der Waals surface area contributed by atoms with E-state index in [1.54, 1.807) is 43.6 Å². The first-order chi connectivity index (χ1) is 9.69. The van der Waals surface area contributed by atoms with E-state index in [9.17, 15) is 4.79 Å². The van der Waals surface area contributed by atoms with E-state index < -0.39 is 0 Å². The second-order valence-electron chi connectivity index (χ2n) is 4.14. The number of ether oxygens (including phenoxy) is 2. The third kappa shape index (κ3) is 2.78. The third-order valence-electron chi connectivity index (χ3n) is 2.94. The average Bonchev–Trinajstić information content (AvgIpc) is 2.53. The minimum atomic E-state index is -0.155. The van der Waals surface area contributed by atoms with Gasteiger partial charge in [-0.2, -0.15) is 0 Å². The summed E-state index contributed by atoms with van der Waals surface area (Å²) in [6.45, 7) is 0.288. The molecule has 5 nitrogen and oxygen atoms in total. The molecule has 0 bridgehead atoms. The number of carbonyl (C=O) groups excluding carboxylic acids is 1. The standard InChI is InChI=1S/C15H16N2O3/c1-19-12-3-4-14(20-2)13(8-12)15(18)10-5-6-17-11(7-10)9-16/h3-8H,9,16H2,1-2H3. The molecule has 0 radical (unpaired) electrons. The van der Waals surface area contributed by atoms with Gasteiger partial charge in [0.15, 0.2) is 5.78 Å². The quantitative estimate of drug-likeness (QED) is 0.840. The van der Waals surface area contributed by atoms with E-state index in [0.29, 0.717) is 28.3 Å². The summed E-state index contributed by atoms with van der Waals surface area (Å²) < 4.78 is 10.4. The van der Waals surface area contributed by atoms with Gasteiger partial charge in [0.25, 0.3) is 0 Å². The Morgan fingerprint density at radius 2 is 2.00 bits per heavy atom. The molecule has 0 unspecified atom stereocenters. The largest absolute Gasteiger partial charge is 0.497 e. The molecule has 2 aromatic rings. The first-order valence-electron chi connectivity index (χ1n) is 6.11. The predicted octanol–water partition coefficient (Wildman–Crippen LogP) is 1.79. The SMILES string of the molecule is COc1ccc(OC)c(C(=O)c2ccnc(CN)c2)c1. The van der Waals surface area contributed by atoms with Crippen molar-refractivity contribution in [2.24, 2.45) is 5.73 Å². The summed E-state index contributed by atoms with van der Waals surface area (Å²) in [6.07, 6.45) is 1.57. The Balaban J connectivity index is 2.46. The van der Waals surface area contributed by atoms with E-state index >= 15 is 0 Å². The Morgan fingerprint density at radius 3 is 2.65 bits per heavy atom. The average molecular weight is 272 g/mol. The van der Waals surface area contributed by atoms with Crippen LogP contribution in [0, 0.1) is 0 Å². The Morgan fingerprint density at radius 1 is 1.20 bits per heavy atom. The topological polar surface area (TPSA) is 74.4 Å². The Bertz CT molecular complexity index is 626. The predicted molar refractivity (Wildman–Crippen MR) is 75.1 cm³/mol. The van der Waals surface area contributed by atoms with Crippen LogP contribution in [0.3, 0.4) is 0 Å². The van der Waals surface area contributed by atoms with Crippen LogP contribution in [0.15, 0.2) is 36.5 Å². The number of methoxy groups -OCH3 is 2. The number of hydrogen-bond acceptors (Lipinski definition) is 5. The summed E-state index contributed by atoms with van der Waals surface area (Å²) in [5.41, 5.74) is 7.17. The van der Waals surface area contributed by atoms with Crippen molar-refractivity contribution in [3.63, 3.8) is 0 Å². The maximum absolute atomic E-state index is 12.6. The normalized spacial score (nSPS) is 10.2. The molecule has 5 heteroatoms. The van der Waals surface area contributed by atoms with Gasteiger partial charge in [0.05, 0.1) is 25.5 Å². The third-order valence-corrected chi connectivity index (χ3v) is 2.94. The monoisotopic (exact) mass is 272 g/mol. The van der Waals surface area contributed by atoms with Crippen molar-refractivity contribution in [3.8, 4) is 11.5 Å². The highest BCUT2D eigenvalue weighted by Gasteiger charge is 2.16. The van der Waals surface area contributed by atoms with E-state index in [-0.39, 0.29) is 12.3 Å². The molecule has 104 valence electrons. The van der Waals surface area contributed by atoms with Gasteiger partial charge in [-0.3, -0.25) is 9.78 Å². The van der Waals surface area contributed by atoms with Crippen LogP contribution in [0.5, 0.6) is 11.5 Å². The highest BCUT2D eigenvalue weighted by atomic mass is 16.5. The molecular formula is C15H16N2O3. The van der Waals surface area contributed by atoms with Gasteiger partial charge >= 0.3 is 0 Å². The summed E-state index contributed by atoms with van der Waals surface area (Å²) in [5.74, 6) is 0.946. The van der Waals surface area contributed by atoms with Crippen LogP contribution >= 0.6 is 0 Å². The fourth-order valence-corrected chi connectivity index (χ4v) is 1.88. The number of nitrogens with two attached hydrogens (primary N) is 1. The number of ketones is 1. The maximum Gasteiger partial charge on any atom is 0.197 e. The molecule has 2 rings (SSSR count). The molecule has 0 fully saturated rings.